The van der Waals surface area contributed by atoms with E-state index in [4.69, 9.17) is 11.6 Å². The number of rotatable bonds is 7. The highest BCUT2D eigenvalue weighted by Gasteiger charge is 2.13. The predicted molar refractivity (Wildman–Crippen MR) is 95.9 cm³/mol. The molecule has 138 valence electrons. The van der Waals surface area contributed by atoms with Gasteiger partial charge in [-0.25, -0.2) is 8.78 Å². The van der Waals surface area contributed by atoms with Gasteiger partial charge in [0.05, 0.1) is 5.56 Å². The number of nitrogens with zero attached hydrogens (tertiary/aromatic N) is 1. The van der Waals surface area contributed by atoms with Gasteiger partial charge >= 0.3 is 0 Å². The predicted octanol–water partition coefficient (Wildman–Crippen LogP) is 3.79. The molecule has 0 radical (unpaired) electrons. The summed E-state index contributed by atoms with van der Waals surface area (Å²) in [4.78, 5) is 25.5. The van der Waals surface area contributed by atoms with Gasteiger partial charge in [0.25, 0.3) is 5.91 Å². The van der Waals surface area contributed by atoms with Crippen LogP contribution in [0.1, 0.15) is 28.8 Å². The zero-order valence-corrected chi connectivity index (χ0v) is 15.0. The molecule has 7 heteroatoms. The fourth-order valence-corrected chi connectivity index (χ4v) is 2.61. The van der Waals surface area contributed by atoms with Crippen molar-refractivity contribution in [3.8, 4) is 0 Å². The van der Waals surface area contributed by atoms with Crippen molar-refractivity contribution in [1.82, 2.24) is 10.2 Å². The maximum atomic E-state index is 13.5. The fraction of sp³-hybridized carbons (Fsp3) is 0.263. The minimum absolute atomic E-state index is 0.0767. The summed E-state index contributed by atoms with van der Waals surface area (Å²) in [5.74, 6) is -2.37. The zero-order valence-electron chi connectivity index (χ0n) is 14.3. The summed E-state index contributed by atoms with van der Waals surface area (Å²) in [5.41, 5.74) is 0.698. The maximum absolute atomic E-state index is 13.5. The molecule has 2 amide bonds. The van der Waals surface area contributed by atoms with Gasteiger partial charge in [-0.05, 0) is 36.2 Å². The average Bonchev–Trinajstić information content (AvgIpc) is 2.58. The Bertz CT molecular complexity index is 799. The highest BCUT2D eigenvalue weighted by Crippen LogP contribution is 2.13. The van der Waals surface area contributed by atoms with E-state index < -0.39 is 17.5 Å². The van der Waals surface area contributed by atoms with Crippen LogP contribution in [0.3, 0.4) is 0 Å². The fourth-order valence-electron chi connectivity index (χ4n) is 2.40. The lowest BCUT2D eigenvalue weighted by Crippen LogP contribution is -2.29. The molecule has 2 aromatic carbocycles. The zero-order chi connectivity index (χ0) is 19.1. The molecule has 26 heavy (non-hydrogen) atoms. The van der Waals surface area contributed by atoms with Crippen molar-refractivity contribution in [3.63, 3.8) is 0 Å². The lowest BCUT2D eigenvalue weighted by molar-refractivity contribution is -0.130. The Morgan fingerprint density at radius 1 is 1.15 bits per heavy atom. The van der Waals surface area contributed by atoms with Crippen molar-refractivity contribution in [2.45, 2.75) is 19.4 Å². The highest BCUT2D eigenvalue weighted by molar-refractivity contribution is 6.30. The molecule has 0 heterocycles. The summed E-state index contributed by atoms with van der Waals surface area (Å²) < 4.78 is 26.3. The van der Waals surface area contributed by atoms with E-state index in [0.717, 1.165) is 17.7 Å². The Kier molecular flexibility index (Phi) is 7.09. The maximum Gasteiger partial charge on any atom is 0.254 e. The second-order valence-electron chi connectivity index (χ2n) is 5.86. The van der Waals surface area contributed by atoms with E-state index in [1.807, 2.05) is 12.1 Å². The van der Waals surface area contributed by atoms with E-state index in [0.29, 0.717) is 24.1 Å². The molecule has 0 aliphatic rings. The van der Waals surface area contributed by atoms with Gasteiger partial charge in [0.15, 0.2) is 0 Å². The summed E-state index contributed by atoms with van der Waals surface area (Å²) >= 11 is 5.92. The van der Waals surface area contributed by atoms with Gasteiger partial charge in [-0.3, -0.25) is 9.59 Å². The molecule has 0 unspecified atom stereocenters. The van der Waals surface area contributed by atoms with Crippen LogP contribution in [0.4, 0.5) is 8.78 Å². The Morgan fingerprint density at radius 3 is 2.62 bits per heavy atom. The smallest absolute Gasteiger partial charge is 0.254 e. The molecule has 0 bridgehead atoms. The van der Waals surface area contributed by atoms with Crippen molar-refractivity contribution in [3.05, 3.63) is 70.2 Å². The van der Waals surface area contributed by atoms with E-state index >= 15 is 0 Å². The average molecular weight is 381 g/mol. The van der Waals surface area contributed by atoms with Gasteiger partial charge in [0.1, 0.15) is 11.6 Å². The molecule has 4 nitrogen and oxygen atoms in total. The second kappa shape index (κ2) is 9.29. The first-order valence-electron chi connectivity index (χ1n) is 8.08. The van der Waals surface area contributed by atoms with E-state index in [1.165, 1.54) is 0 Å². The first-order chi connectivity index (χ1) is 12.4. The van der Waals surface area contributed by atoms with Crippen LogP contribution in [-0.2, 0) is 11.3 Å². The lowest BCUT2D eigenvalue weighted by atomic mass is 10.2. The Morgan fingerprint density at radius 2 is 1.92 bits per heavy atom. The molecule has 0 fully saturated rings. The molecule has 0 saturated heterocycles. The van der Waals surface area contributed by atoms with Crippen molar-refractivity contribution < 1.29 is 18.4 Å². The van der Waals surface area contributed by atoms with Gasteiger partial charge in [0, 0.05) is 37.6 Å². The van der Waals surface area contributed by atoms with Crippen LogP contribution >= 0.6 is 11.6 Å². The van der Waals surface area contributed by atoms with Gasteiger partial charge < -0.3 is 10.2 Å². The molecular formula is C19H19ClF2N2O2. The van der Waals surface area contributed by atoms with Crippen LogP contribution in [0.15, 0.2) is 42.5 Å². The van der Waals surface area contributed by atoms with Crippen LogP contribution in [0.2, 0.25) is 5.02 Å². The number of carbonyl (C=O) groups excluding carboxylic acids is 2. The number of hydrogen-bond donors (Lipinski definition) is 1. The number of amides is 2. The third-order valence-electron chi connectivity index (χ3n) is 3.76. The summed E-state index contributed by atoms with van der Waals surface area (Å²) in [6.45, 7) is 0.652. The molecule has 0 atom stereocenters. The standard InChI is InChI=1S/C19H19ClF2N2O2/c1-24(12-13-4-2-5-14(20)10-13)18(25)6-3-9-23-19(26)16-8-7-15(21)11-17(16)22/h2,4-5,7-8,10-11H,3,6,9,12H2,1H3,(H,23,26). The summed E-state index contributed by atoms with van der Waals surface area (Å²) in [5, 5.41) is 3.13. The Hall–Kier alpha value is -2.47. The minimum atomic E-state index is -0.917. The molecule has 0 spiro atoms. The monoisotopic (exact) mass is 380 g/mol. The number of hydrogen-bond acceptors (Lipinski definition) is 2. The Balaban J connectivity index is 1.74. The van der Waals surface area contributed by atoms with Gasteiger partial charge in [-0.15, -0.1) is 0 Å². The van der Waals surface area contributed by atoms with Gasteiger partial charge in [0.2, 0.25) is 5.91 Å². The molecular weight excluding hydrogens is 362 g/mol. The van der Waals surface area contributed by atoms with E-state index in [9.17, 15) is 18.4 Å². The topological polar surface area (TPSA) is 49.4 Å². The van der Waals surface area contributed by atoms with Crippen molar-refractivity contribution in [1.29, 1.82) is 0 Å². The number of nitrogens with one attached hydrogen (secondary N) is 1. The number of benzene rings is 2. The largest absolute Gasteiger partial charge is 0.352 e. The van der Waals surface area contributed by atoms with Gasteiger partial charge in [-0.2, -0.15) is 0 Å². The van der Waals surface area contributed by atoms with Crippen molar-refractivity contribution in [2.75, 3.05) is 13.6 Å². The molecule has 2 aromatic rings. The Labute approximate surface area is 155 Å². The minimum Gasteiger partial charge on any atom is -0.352 e. The molecule has 0 aliphatic carbocycles. The van der Waals surface area contributed by atoms with Crippen LogP contribution in [-0.4, -0.2) is 30.3 Å². The molecule has 0 aromatic heterocycles. The van der Waals surface area contributed by atoms with Crippen molar-refractivity contribution in [2.24, 2.45) is 0 Å². The lowest BCUT2D eigenvalue weighted by Gasteiger charge is -2.17. The summed E-state index contributed by atoms with van der Waals surface area (Å²) in [6.07, 6.45) is 0.649. The first kappa shape index (κ1) is 19.8. The third-order valence-corrected chi connectivity index (χ3v) is 4.00. The SMILES string of the molecule is CN(Cc1cccc(Cl)c1)C(=O)CCCNC(=O)c1ccc(F)cc1F. The van der Waals surface area contributed by atoms with Crippen LogP contribution in [0.25, 0.3) is 0 Å². The van der Waals surface area contributed by atoms with Crippen LogP contribution in [0, 0.1) is 11.6 Å². The molecule has 0 aliphatic heterocycles. The number of halogens is 3. The highest BCUT2D eigenvalue weighted by atomic mass is 35.5. The molecule has 0 saturated carbocycles. The van der Waals surface area contributed by atoms with Crippen molar-refractivity contribution >= 4 is 23.4 Å². The normalized spacial score (nSPS) is 10.5. The van der Waals surface area contributed by atoms with Crippen LogP contribution < -0.4 is 5.32 Å². The summed E-state index contributed by atoms with van der Waals surface area (Å²) in [6, 6.07) is 10.0. The quantitative estimate of drug-likeness (QED) is 0.743. The van der Waals surface area contributed by atoms with E-state index in [1.54, 1.807) is 24.1 Å². The number of carbonyl (C=O) groups is 2. The molecule has 2 rings (SSSR count). The van der Waals surface area contributed by atoms with Crippen LogP contribution in [0.5, 0.6) is 0 Å². The second-order valence-corrected chi connectivity index (χ2v) is 6.30. The first-order valence-corrected chi connectivity index (χ1v) is 8.46. The van der Waals surface area contributed by atoms with E-state index in [-0.39, 0.29) is 24.4 Å². The molecule has 1 N–H and O–H groups in total. The third kappa shape index (κ3) is 5.81. The van der Waals surface area contributed by atoms with E-state index in [2.05, 4.69) is 5.32 Å². The van der Waals surface area contributed by atoms with Gasteiger partial charge in [-0.1, -0.05) is 23.7 Å². The summed E-state index contributed by atoms with van der Waals surface area (Å²) in [7, 11) is 1.69.